The van der Waals surface area contributed by atoms with E-state index in [9.17, 15) is 8.42 Å². The van der Waals surface area contributed by atoms with E-state index in [4.69, 9.17) is 0 Å². The number of rotatable bonds is 7. The van der Waals surface area contributed by atoms with Crippen LogP contribution in [0.5, 0.6) is 0 Å². The predicted octanol–water partition coefficient (Wildman–Crippen LogP) is 1.44. The fraction of sp³-hybridized carbons (Fsp3) is 1.00. The summed E-state index contributed by atoms with van der Waals surface area (Å²) >= 11 is 0. The van der Waals surface area contributed by atoms with Gasteiger partial charge in [-0.05, 0) is 19.8 Å². The molecule has 0 aromatic heterocycles. The molecule has 0 fully saturated rings. The SMILES string of the molecule is CCCCS(=O)(=O)ONC(C)CC. The van der Waals surface area contributed by atoms with Crippen LogP contribution in [0.4, 0.5) is 0 Å². The second-order valence-corrected chi connectivity index (χ2v) is 4.82. The second kappa shape index (κ2) is 6.34. The minimum atomic E-state index is -3.36. The number of hydrogen-bond acceptors (Lipinski definition) is 4. The van der Waals surface area contributed by atoms with Gasteiger partial charge in [-0.15, -0.1) is 0 Å². The highest BCUT2D eigenvalue weighted by atomic mass is 32.2. The Bertz CT molecular complexity index is 213. The van der Waals surface area contributed by atoms with Crippen molar-refractivity contribution in [1.29, 1.82) is 0 Å². The van der Waals surface area contributed by atoms with Crippen LogP contribution in [0.2, 0.25) is 0 Å². The molecule has 0 aliphatic rings. The van der Waals surface area contributed by atoms with Crippen LogP contribution in [0, 0.1) is 0 Å². The monoisotopic (exact) mass is 209 g/mol. The minimum Gasteiger partial charge on any atom is -0.198 e. The third-order valence-corrected chi connectivity index (χ3v) is 2.88. The van der Waals surface area contributed by atoms with E-state index < -0.39 is 10.1 Å². The summed E-state index contributed by atoms with van der Waals surface area (Å²) in [6, 6.07) is 0.0661. The molecule has 1 N–H and O–H groups in total. The summed E-state index contributed by atoms with van der Waals surface area (Å²) in [5.74, 6) is 0.0902. The predicted molar refractivity (Wildman–Crippen MR) is 52.7 cm³/mol. The van der Waals surface area contributed by atoms with Crippen LogP contribution < -0.4 is 5.48 Å². The van der Waals surface area contributed by atoms with Crippen molar-refractivity contribution in [3.05, 3.63) is 0 Å². The van der Waals surface area contributed by atoms with E-state index in [-0.39, 0.29) is 11.8 Å². The van der Waals surface area contributed by atoms with Crippen molar-refractivity contribution in [1.82, 2.24) is 5.48 Å². The molecule has 0 rings (SSSR count). The molecule has 1 unspecified atom stereocenters. The first-order chi connectivity index (χ1) is 6.02. The molecule has 5 heteroatoms. The van der Waals surface area contributed by atoms with Gasteiger partial charge < -0.3 is 0 Å². The lowest BCUT2D eigenvalue weighted by molar-refractivity contribution is 0.167. The van der Waals surface area contributed by atoms with Crippen LogP contribution in [0.3, 0.4) is 0 Å². The first-order valence-electron chi connectivity index (χ1n) is 4.68. The van der Waals surface area contributed by atoms with Crippen LogP contribution >= 0.6 is 0 Å². The molecule has 0 saturated heterocycles. The van der Waals surface area contributed by atoms with E-state index in [0.717, 1.165) is 12.8 Å². The van der Waals surface area contributed by atoms with Gasteiger partial charge in [0.05, 0.1) is 5.75 Å². The van der Waals surface area contributed by atoms with E-state index in [1.807, 2.05) is 20.8 Å². The maximum atomic E-state index is 11.1. The Balaban J connectivity index is 3.76. The van der Waals surface area contributed by atoms with Gasteiger partial charge >= 0.3 is 0 Å². The topological polar surface area (TPSA) is 55.4 Å². The molecule has 1 atom stereocenters. The van der Waals surface area contributed by atoms with Crippen LogP contribution in [-0.4, -0.2) is 20.2 Å². The Kier molecular flexibility index (Phi) is 6.28. The largest absolute Gasteiger partial charge is 0.283 e. The van der Waals surface area contributed by atoms with E-state index >= 15 is 0 Å². The molecule has 0 saturated carbocycles. The molecule has 0 aromatic carbocycles. The average molecular weight is 209 g/mol. The van der Waals surface area contributed by atoms with Crippen LogP contribution in [0.1, 0.15) is 40.0 Å². The Morgan fingerprint density at radius 3 is 2.46 bits per heavy atom. The number of hydrogen-bond donors (Lipinski definition) is 1. The van der Waals surface area contributed by atoms with Gasteiger partial charge in [-0.2, -0.15) is 18.2 Å². The Labute approximate surface area is 80.7 Å². The van der Waals surface area contributed by atoms with Gasteiger partial charge in [-0.25, -0.2) is 0 Å². The van der Waals surface area contributed by atoms with E-state index in [0.29, 0.717) is 6.42 Å². The molecule has 4 nitrogen and oxygen atoms in total. The van der Waals surface area contributed by atoms with Crippen molar-refractivity contribution in [2.45, 2.75) is 46.1 Å². The van der Waals surface area contributed by atoms with Crippen molar-refractivity contribution in [2.24, 2.45) is 0 Å². The lowest BCUT2D eigenvalue weighted by Crippen LogP contribution is -2.29. The number of unbranched alkanes of at least 4 members (excludes halogenated alkanes) is 1. The molecule has 0 heterocycles. The number of nitrogens with one attached hydrogen (secondary N) is 1. The van der Waals surface area contributed by atoms with Crippen molar-refractivity contribution >= 4 is 10.1 Å². The van der Waals surface area contributed by atoms with Gasteiger partial charge in [0.25, 0.3) is 10.1 Å². The molecule has 0 aliphatic heterocycles. The summed E-state index contributed by atoms with van der Waals surface area (Å²) in [5.41, 5.74) is 2.49. The van der Waals surface area contributed by atoms with Gasteiger partial charge in [-0.1, -0.05) is 20.3 Å². The molecule has 0 bridgehead atoms. The minimum absolute atomic E-state index is 0.0661. The third kappa shape index (κ3) is 6.98. The Morgan fingerprint density at radius 1 is 1.38 bits per heavy atom. The molecule has 13 heavy (non-hydrogen) atoms. The van der Waals surface area contributed by atoms with E-state index in [1.165, 1.54) is 0 Å². The third-order valence-electron chi connectivity index (χ3n) is 1.74. The van der Waals surface area contributed by atoms with Gasteiger partial charge in [-0.3, -0.25) is 0 Å². The molecule has 80 valence electrons. The molecule has 0 spiro atoms. The highest BCUT2D eigenvalue weighted by Crippen LogP contribution is 1.98. The number of hydroxylamine groups is 1. The smallest absolute Gasteiger partial charge is 0.198 e. The van der Waals surface area contributed by atoms with Gasteiger partial charge in [0.2, 0.25) is 0 Å². The normalized spacial score (nSPS) is 14.4. The van der Waals surface area contributed by atoms with Gasteiger partial charge in [0.15, 0.2) is 0 Å². The van der Waals surface area contributed by atoms with Crippen LogP contribution in [-0.2, 0) is 14.4 Å². The second-order valence-electron chi connectivity index (χ2n) is 3.13. The summed E-state index contributed by atoms with van der Waals surface area (Å²) in [5, 5.41) is 0. The van der Waals surface area contributed by atoms with E-state index in [2.05, 4.69) is 9.76 Å². The molecule has 0 amide bonds. The molecular formula is C8H19NO3S. The molecule has 0 aliphatic carbocycles. The zero-order valence-corrected chi connectivity index (χ0v) is 9.36. The van der Waals surface area contributed by atoms with Crippen molar-refractivity contribution in [3.63, 3.8) is 0 Å². The summed E-state index contributed by atoms with van der Waals surface area (Å²) in [6.45, 7) is 5.77. The summed E-state index contributed by atoms with van der Waals surface area (Å²) in [6.07, 6.45) is 2.33. The Hall–Kier alpha value is -0.130. The maximum Gasteiger partial charge on any atom is 0.283 e. The highest BCUT2D eigenvalue weighted by molar-refractivity contribution is 7.86. The quantitative estimate of drug-likeness (QED) is 0.645. The van der Waals surface area contributed by atoms with E-state index in [1.54, 1.807) is 0 Å². The van der Waals surface area contributed by atoms with Gasteiger partial charge in [0, 0.05) is 6.04 Å². The molecular weight excluding hydrogens is 190 g/mol. The molecule has 0 radical (unpaired) electrons. The highest BCUT2D eigenvalue weighted by Gasteiger charge is 2.11. The van der Waals surface area contributed by atoms with Gasteiger partial charge in [0.1, 0.15) is 0 Å². The van der Waals surface area contributed by atoms with Crippen molar-refractivity contribution in [2.75, 3.05) is 5.75 Å². The fourth-order valence-corrected chi connectivity index (χ4v) is 1.64. The Morgan fingerprint density at radius 2 is 2.00 bits per heavy atom. The van der Waals surface area contributed by atoms with Crippen molar-refractivity contribution < 1.29 is 12.7 Å². The van der Waals surface area contributed by atoms with Crippen molar-refractivity contribution in [3.8, 4) is 0 Å². The average Bonchev–Trinajstić information content (AvgIpc) is 2.11. The molecule has 0 aromatic rings. The summed E-state index contributed by atoms with van der Waals surface area (Å²) in [7, 11) is -3.36. The summed E-state index contributed by atoms with van der Waals surface area (Å²) < 4.78 is 26.9. The standard InChI is InChI=1S/C8H19NO3S/c1-4-6-7-13(10,11)12-9-8(3)5-2/h8-9H,4-7H2,1-3H3. The summed E-state index contributed by atoms with van der Waals surface area (Å²) in [4.78, 5) is 0. The van der Waals surface area contributed by atoms with Crippen LogP contribution in [0.25, 0.3) is 0 Å². The fourth-order valence-electron chi connectivity index (χ4n) is 0.602. The first kappa shape index (κ1) is 12.9. The zero-order chi connectivity index (χ0) is 10.3. The first-order valence-corrected chi connectivity index (χ1v) is 6.26. The lowest BCUT2D eigenvalue weighted by atomic mass is 10.3. The zero-order valence-electron chi connectivity index (χ0n) is 8.54. The van der Waals surface area contributed by atoms with Crippen LogP contribution in [0.15, 0.2) is 0 Å². The lowest BCUT2D eigenvalue weighted by Gasteiger charge is -2.10. The maximum absolute atomic E-state index is 11.1.